The number of ether oxygens (including phenoxy) is 3. The molecule has 0 N–H and O–H groups in total. The Morgan fingerprint density at radius 1 is 0.500 bits per heavy atom. The number of esters is 1. The summed E-state index contributed by atoms with van der Waals surface area (Å²) in [6.07, 6.45) is 18.9. The molecule has 0 spiro atoms. The maximum Gasteiger partial charge on any atom is 0.343 e. The van der Waals surface area contributed by atoms with E-state index in [1.54, 1.807) is 24.3 Å². The molecule has 44 heavy (non-hydrogen) atoms. The number of hydrogen-bond donors (Lipinski definition) is 0. The summed E-state index contributed by atoms with van der Waals surface area (Å²) in [5, 5.41) is 0. The zero-order chi connectivity index (χ0) is 31.0. The van der Waals surface area contributed by atoms with E-state index >= 15 is 0 Å². The van der Waals surface area contributed by atoms with Crippen LogP contribution in [-0.4, -0.2) is 25.0 Å². The molecule has 1 aliphatic carbocycles. The van der Waals surface area contributed by atoms with E-state index in [4.69, 9.17) is 14.2 Å². The molecule has 0 aromatic heterocycles. The summed E-state index contributed by atoms with van der Waals surface area (Å²) in [6.45, 7) is 5.77. The fourth-order valence-corrected chi connectivity index (χ4v) is 5.72. The van der Waals surface area contributed by atoms with Crippen LogP contribution in [0.4, 0.5) is 0 Å². The lowest BCUT2D eigenvalue weighted by Crippen LogP contribution is -2.09. The van der Waals surface area contributed by atoms with Crippen molar-refractivity contribution in [3.63, 3.8) is 0 Å². The molecule has 0 heterocycles. The van der Waals surface area contributed by atoms with Crippen LogP contribution >= 0.6 is 0 Å². The molecule has 5 heteroatoms. The van der Waals surface area contributed by atoms with Gasteiger partial charge in [-0.05, 0) is 84.6 Å². The average Bonchev–Trinajstić information content (AvgIpc) is 3.32. The Morgan fingerprint density at radius 3 is 1.50 bits per heavy atom. The molecule has 236 valence electrons. The Bertz CT molecular complexity index is 1330. The van der Waals surface area contributed by atoms with Crippen LogP contribution in [0.25, 0.3) is 11.1 Å². The van der Waals surface area contributed by atoms with E-state index in [9.17, 15) is 9.59 Å². The first-order chi connectivity index (χ1) is 21.6. The predicted octanol–water partition coefficient (Wildman–Crippen LogP) is 10.8. The summed E-state index contributed by atoms with van der Waals surface area (Å²) in [7, 11) is 0. The van der Waals surface area contributed by atoms with Crippen LogP contribution in [0.1, 0.15) is 136 Å². The van der Waals surface area contributed by atoms with E-state index in [0.717, 1.165) is 36.1 Å². The van der Waals surface area contributed by atoms with Gasteiger partial charge in [-0.1, -0.05) is 97.3 Å². The summed E-state index contributed by atoms with van der Waals surface area (Å²) in [4.78, 5) is 26.1. The summed E-state index contributed by atoms with van der Waals surface area (Å²) in [6, 6.07) is 18.0. The first-order valence-corrected chi connectivity index (χ1v) is 17.0. The highest BCUT2D eigenvalue weighted by atomic mass is 16.5. The number of carbonyl (C=O) groups excluding carboxylic acids is 2. The lowest BCUT2D eigenvalue weighted by Gasteiger charge is -2.09. The maximum absolute atomic E-state index is 13.2. The van der Waals surface area contributed by atoms with Gasteiger partial charge in [-0.3, -0.25) is 4.79 Å². The van der Waals surface area contributed by atoms with Crippen molar-refractivity contribution in [2.75, 3.05) is 13.2 Å². The number of carbonyl (C=O) groups is 2. The number of hydrogen-bond acceptors (Lipinski definition) is 5. The van der Waals surface area contributed by atoms with E-state index in [-0.39, 0.29) is 5.78 Å². The van der Waals surface area contributed by atoms with Crippen LogP contribution in [0.3, 0.4) is 0 Å². The van der Waals surface area contributed by atoms with Crippen LogP contribution in [0.15, 0.2) is 60.7 Å². The van der Waals surface area contributed by atoms with Crippen molar-refractivity contribution in [1.82, 2.24) is 0 Å². The van der Waals surface area contributed by atoms with E-state index in [2.05, 4.69) is 13.8 Å². The first-order valence-electron chi connectivity index (χ1n) is 17.0. The molecule has 3 aromatic rings. The predicted molar refractivity (Wildman–Crippen MR) is 178 cm³/mol. The third-order valence-corrected chi connectivity index (χ3v) is 8.35. The Hall–Kier alpha value is -3.60. The van der Waals surface area contributed by atoms with Crippen molar-refractivity contribution in [3.05, 3.63) is 77.4 Å². The van der Waals surface area contributed by atoms with Gasteiger partial charge in [0.15, 0.2) is 5.78 Å². The van der Waals surface area contributed by atoms with Gasteiger partial charge in [0.1, 0.15) is 17.2 Å². The quantitative estimate of drug-likeness (QED) is 0.0542. The highest BCUT2D eigenvalue weighted by Crippen LogP contribution is 2.40. The molecule has 1 aliphatic rings. The van der Waals surface area contributed by atoms with E-state index in [1.165, 1.54) is 77.0 Å². The molecule has 0 unspecified atom stereocenters. The van der Waals surface area contributed by atoms with Gasteiger partial charge >= 0.3 is 5.97 Å². The first kappa shape index (κ1) is 33.3. The van der Waals surface area contributed by atoms with Gasteiger partial charge in [0, 0.05) is 11.1 Å². The van der Waals surface area contributed by atoms with E-state index in [0.29, 0.717) is 41.4 Å². The molecule has 0 aliphatic heterocycles. The van der Waals surface area contributed by atoms with Gasteiger partial charge in [0.05, 0.1) is 18.8 Å². The number of ketones is 1. The summed E-state index contributed by atoms with van der Waals surface area (Å²) < 4.78 is 17.4. The third-order valence-electron chi connectivity index (χ3n) is 8.35. The van der Waals surface area contributed by atoms with Crippen molar-refractivity contribution in [1.29, 1.82) is 0 Å². The van der Waals surface area contributed by atoms with Crippen molar-refractivity contribution in [3.8, 4) is 28.4 Å². The SMILES string of the molecule is CCCCCCCCCCCCCOc1ccc(C(=O)Oc2ccc3c(c2)C(=O)c2cc(OCCCCCC)ccc2-3)cc1. The molecule has 4 rings (SSSR count). The Kier molecular flexibility index (Phi) is 13.8. The highest BCUT2D eigenvalue weighted by Gasteiger charge is 2.28. The van der Waals surface area contributed by atoms with Crippen LogP contribution in [0.2, 0.25) is 0 Å². The Balaban J connectivity index is 1.18. The second-order valence-corrected chi connectivity index (χ2v) is 12.0. The van der Waals surface area contributed by atoms with Gasteiger partial charge in [-0.25, -0.2) is 4.79 Å². The lowest BCUT2D eigenvalue weighted by atomic mass is 10.1. The molecule has 3 aromatic carbocycles. The van der Waals surface area contributed by atoms with Crippen molar-refractivity contribution in [2.45, 2.75) is 110 Å². The molecular formula is C39H50O5. The standard InChI is InChI=1S/C39H50O5/c1-3-5-7-9-10-11-12-13-14-15-17-26-42-31-20-18-30(19-21-31)39(41)44-33-23-25-35-34-24-22-32(43-27-16-8-6-4-2)28-36(34)38(40)37(35)29-33/h18-25,28-29H,3-17,26-27H2,1-2H3. The zero-order valence-corrected chi connectivity index (χ0v) is 26.8. The second kappa shape index (κ2) is 18.3. The fourth-order valence-electron chi connectivity index (χ4n) is 5.72. The molecule has 0 radical (unpaired) electrons. The monoisotopic (exact) mass is 598 g/mol. The number of fused-ring (bicyclic) bond motifs is 3. The van der Waals surface area contributed by atoms with Gasteiger partial charge in [-0.2, -0.15) is 0 Å². The zero-order valence-electron chi connectivity index (χ0n) is 26.8. The number of rotatable bonds is 21. The third kappa shape index (κ3) is 9.97. The summed E-state index contributed by atoms with van der Waals surface area (Å²) in [5.41, 5.74) is 3.32. The summed E-state index contributed by atoms with van der Waals surface area (Å²) >= 11 is 0. The fraction of sp³-hybridized carbons (Fsp3) is 0.487. The smallest absolute Gasteiger partial charge is 0.343 e. The average molecular weight is 599 g/mol. The largest absolute Gasteiger partial charge is 0.494 e. The van der Waals surface area contributed by atoms with Crippen molar-refractivity contribution >= 4 is 11.8 Å². The summed E-state index contributed by atoms with van der Waals surface area (Å²) in [5.74, 6) is 1.25. The minimum atomic E-state index is -0.469. The molecule has 0 saturated heterocycles. The van der Waals surface area contributed by atoms with Gasteiger partial charge < -0.3 is 14.2 Å². The molecule has 0 amide bonds. The minimum Gasteiger partial charge on any atom is -0.494 e. The van der Waals surface area contributed by atoms with E-state index < -0.39 is 5.97 Å². The van der Waals surface area contributed by atoms with Gasteiger partial charge in [0.2, 0.25) is 0 Å². The molecule has 0 saturated carbocycles. The molecule has 5 nitrogen and oxygen atoms in total. The molecule has 0 fully saturated rings. The second-order valence-electron chi connectivity index (χ2n) is 12.0. The van der Waals surface area contributed by atoms with Crippen molar-refractivity contribution < 1.29 is 23.8 Å². The highest BCUT2D eigenvalue weighted by molar-refractivity contribution is 6.22. The van der Waals surface area contributed by atoms with Crippen molar-refractivity contribution in [2.24, 2.45) is 0 Å². The molecule has 0 bridgehead atoms. The topological polar surface area (TPSA) is 61.8 Å². The van der Waals surface area contributed by atoms with Crippen LogP contribution in [0, 0.1) is 0 Å². The minimum absolute atomic E-state index is 0.0800. The Labute approximate surface area is 264 Å². The van der Waals surface area contributed by atoms with E-state index in [1.807, 2.05) is 36.4 Å². The van der Waals surface area contributed by atoms with Crippen LogP contribution < -0.4 is 14.2 Å². The molecule has 0 atom stereocenters. The van der Waals surface area contributed by atoms with Gasteiger partial charge in [0.25, 0.3) is 0 Å². The van der Waals surface area contributed by atoms with Crippen LogP contribution in [0.5, 0.6) is 17.2 Å². The van der Waals surface area contributed by atoms with Crippen LogP contribution in [-0.2, 0) is 0 Å². The normalized spacial score (nSPS) is 11.7. The number of benzene rings is 3. The Morgan fingerprint density at radius 2 is 0.932 bits per heavy atom. The van der Waals surface area contributed by atoms with Gasteiger partial charge in [-0.15, -0.1) is 0 Å². The number of unbranched alkanes of at least 4 members (excludes halogenated alkanes) is 13. The molecular weight excluding hydrogens is 548 g/mol. The lowest BCUT2D eigenvalue weighted by molar-refractivity contribution is 0.0734. The maximum atomic E-state index is 13.2.